The van der Waals surface area contributed by atoms with Crippen LogP contribution >= 0.6 is 0 Å². The first-order valence-corrected chi connectivity index (χ1v) is 7.99. The number of nitro groups is 1. The third kappa shape index (κ3) is 3.23. The summed E-state index contributed by atoms with van der Waals surface area (Å²) in [6.07, 6.45) is 1.66. The van der Waals surface area contributed by atoms with Gasteiger partial charge in [-0.3, -0.25) is 14.9 Å². The van der Waals surface area contributed by atoms with Gasteiger partial charge < -0.3 is 14.5 Å². The van der Waals surface area contributed by atoms with Crippen LogP contribution in [0.1, 0.15) is 16.7 Å². The van der Waals surface area contributed by atoms with Crippen LogP contribution in [0, 0.1) is 24.0 Å². The van der Waals surface area contributed by atoms with Gasteiger partial charge >= 0.3 is 0 Å². The second kappa shape index (κ2) is 6.87. The Hall–Kier alpha value is -3.35. The fourth-order valence-electron chi connectivity index (χ4n) is 2.80. The number of aryl methyl sites for hydroxylation is 2. The molecule has 1 heterocycles. The fraction of sp³-hybridized carbons (Fsp3) is 0.211. The van der Waals surface area contributed by atoms with Crippen LogP contribution in [0.15, 0.2) is 41.0 Å². The van der Waals surface area contributed by atoms with E-state index >= 15 is 0 Å². The molecule has 1 amide bonds. The molecule has 2 aromatic carbocycles. The minimum Gasteiger partial charge on any atom is -0.495 e. The maximum absolute atomic E-state index is 12.4. The lowest BCUT2D eigenvalue weighted by Crippen LogP contribution is -2.15. The van der Waals surface area contributed by atoms with E-state index in [1.54, 1.807) is 6.26 Å². The normalized spacial score (nSPS) is 10.7. The molecule has 0 aliphatic heterocycles. The average molecular weight is 354 g/mol. The van der Waals surface area contributed by atoms with E-state index in [2.05, 4.69) is 5.32 Å². The molecule has 3 rings (SSSR count). The topological polar surface area (TPSA) is 94.6 Å². The summed E-state index contributed by atoms with van der Waals surface area (Å²) in [5, 5.41) is 14.5. The summed E-state index contributed by atoms with van der Waals surface area (Å²) in [5.74, 6) is 0.0391. The van der Waals surface area contributed by atoms with E-state index in [-0.39, 0.29) is 23.7 Å². The van der Waals surface area contributed by atoms with E-state index in [9.17, 15) is 14.9 Å². The average Bonchev–Trinajstić information content (AvgIpc) is 3.01. The molecule has 0 aliphatic carbocycles. The van der Waals surface area contributed by atoms with Gasteiger partial charge in [-0.2, -0.15) is 0 Å². The zero-order chi connectivity index (χ0) is 18.8. The Kier molecular flexibility index (Phi) is 4.62. The highest BCUT2D eigenvalue weighted by Crippen LogP contribution is 2.30. The number of amides is 1. The molecule has 0 radical (unpaired) electrons. The highest BCUT2D eigenvalue weighted by Gasteiger charge is 2.16. The standard InChI is InChI=1S/C19H18N2O5/c1-11-4-6-15-13(10-26-19(15)12(11)2)8-18(22)20-16-9-14(21(23)24)5-7-17(16)25-3/h4-7,9-10H,8H2,1-3H3,(H,20,22). The Labute approximate surface area is 149 Å². The highest BCUT2D eigenvalue weighted by atomic mass is 16.6. The van der Waals surface area contributed by atoms with Crippen LogP contribution in [0.4, 0.5) is 11.4 Å². The number of carbonyl (C=O) groups excluding carboxylic acids is 1. The van der Waals surface area contributed by atoms with E-state index in [1.165, 1.54) is 25.3 Å². The number of nitro benzene ring substituents is 1. The molecule has 0 saturated heterocycles. The van der Waals surface area contributed by atoms with Crippen molar-refractivity contribution in [3.05, 3.63) is 63.4 Å². The Morgan fingerprint density at radius 2 is 2.04 bits per heavy atom. The molecule has 7 heteroatoms. The third-order valence-corrected chi connectivity index (χ3v) is 4.36. The Morgan fingerprint density at radius 3 is 2.73 bits per heavy atom. The van der Waals surface area contributed by atoms with Gasteiger partial charge in [-0.15, -0.1) is 0 Å². The molecular weight excluding hydrogens is 336 g/mol. The number of nitrogens with one attached hydrogen (secondary N) is 1. The van der Waals surface area contributed by atoms with E-state index in [4.69, 9.17) is 9.15 Å². The van der Waals surface area contributed by atoms with Crippen LogP contribution < -0.4 is 10.1 Å². The van der Waals surface area contributed by atoms with Crippen molar-refractivity contribution in [2.24, 2.45) is 0 Å². The number of benzene rings is 2. The maximum atomic E-state index is 12.4. The molecular formula is C19H18N2O5. The van der Waals surface area contributed by atoms with Crippen molar-refractivity contribution < 1.29 is 18.9 Å². The lowest BCUT2D eigenvalue weighted by Gasteiger charge is -2.09. The van der Waals surface area contributed by atoms with Gasteiger partial charge in [0.1, 0.15) is 11.3 Å². The molecule has 0 fully saturated rings. The van der Waals surface area contributed by atoms with Crippen LogP contribution in [-0.2, 0) is 11.2 Å². The highest BCUT2D eigenvalue weighted by molar-refractivity contribution is 5.97. The number of furan rings is 1. The number of methoxy groups -OCH3 is 1. The van der Waals surface area contributed by atoms with Crippen LogP contribution in [0.25, 0.3) is 11.0 Å². The minimum atomic E-state index is -0.524. The van der Waals surface area contributed by atoms with E-state index < -0.39 is 4.92 Å². The number of anilines is 1. The number of ether oxygens (including phenoxy) is 1. The van der Waals surface area contributed by atoms with Gasteiger partial charge in [-0.05, 0) is 31.0 Å². The number of fused-ring (bicyclic) bond motifs is 1. The molecule has 7 nitrogen and oxygen atoms in total. The summed E-state index contributed by atoms with van der Waals surface area (Å²) in [6.45, 7) is 3.97. The SMILES string of the molecule is COc1ccc([N+](=O)[O-])cc1NC(=O)Cc1coc2c(C)c(C)ccc12. The molecule has 0 spiro atoms. The number of carbonyl (C=O) groups is 1. The Bertz CT molecular complexity index is 1010. The van der Waals surface area contributed by atoms with Gasteiger partial charge in [-0.1, -0.05) is 12.1 Å². The minimum absolute atomic E-state index is 0.0847. The van der Waals surface area contributed by atoms with Crippen molar-refractivity contribution in [1.82, 2.24) is 0 Å². The summed E-state index contributed by atoms with van der Waals surface area (Å²) in [6, 6.07) is 7.96. The molecule has 0 bridgehead atoms. The van der Waals surface area contributed by atoms with Crippen LogP contribution in [0.2, 0.25) is 0 Å². The van der Waals surface area contributed by atoms with Crippen molar-refractivity contribution in [3.8, 4) is 5.75 Å². The van der Waals surface area contributed by atoms with Crippen molar-refractivity contribution in [2.45, 2.75) is 20.3 Å². The molecule has 0 aliphatic rings. The van der Waals surface area contributed by atoms with Gasteiger partial charge in [-0.25, -0.2) is 0 Å². The van der Waals surface area contributed by atoms with Crippen LogP contribution in [-0.4, -0.2) is 17.9 Å². The summed E-state index contributed by atoms with van der Waals surface area (Å²) in [5.41, 5.74) is 3.80. The smallest absolute Gasteiger partial charge is 0.271 e. The van der Waals surface area contributed by atoms with Crippen molar-refractivity contribution in [1.29, 1.82) is 0 Å². The zero-order valence-corrected chi connectivity index (χ0v) is 14.7. The number of hydrogen-bond donors (Lipinski definition) is 1. The first-order valence-electron chi connectivity index (χ1n) is 7.99. The summed E-state index contributed by atoms with van der Waals surface area (Å²) < 4.78 is 10.8. The van der Waals surface area contributed by atoms with Crippen molar-refractivity contribution >= 4 is 28.3 Å². The van der Waals surface area contributed by atoms with Gasteiger partial charge in [0.2, 0.25) is 5.91 Å². The number of hydrogen-bond acceptors (Lipinski definition) is 5. The largest absolute Gasteiger partial charge is 0.495 e. The number of nitrogens with zero attached hydrogens (tertiary/aromatic N) is 1. The molecule has 3 aromatic rings. The zero-order valence-electron chi connectivity index (χ0n) is 14.7. The molecule has 134 valence electrons. The van der Waals surface area contributed by atoms with E-state index in [1.807, 2.05) is 26.0 Å². The second-order valence-electron chi connectivity index (χ2n) is 6.01. The number of non-ortho nitro benzene ring substituents is 1. The Balaban J connectivity index is 1.85. The lowest BCUT2D eigenvalue weighted by atomic mass is 10.0. The fourth-order valence-corrected chi connectivity index (χ4v) is 2.80. The van der Waals surface area contributed by atoms with Crippen LogP contribution in [0.5, 0.6) is 5.75 Å². The quantitative estimate of drug-likeness (QED) is 0.549. The summed E-state index contributed by atoms with van der Waals surface area (Å²) in [7, 11) is 1.44. The first-order chi connectivity index (χ1) is 12.4. The van der Waals surface area contributed by atoms with Crippen LogP contribution in [0.3, 0.4) is 0 Å². The van der Waals surface area contributed by atoms with E-state index in [0.29, 0.717) is 5.75 Å². The predicted molar refractivity (Wildman–Crippen MR) is 97.7 cm³/mol. The summed E-state index contributed by atoms with van der Waals surface area (Å²) in [4.78, 5) is 22.9. The third-order valence-electron chi connectivity index (χ3n) is 4.36. The van der Waals surface area contributed by atoms with Gasteiger partial charge in [0.15, 0.2) is 0 Å². The Morgan fingerprint density at radius 1 is 1.27 bits per heavy atom. The van der Waals surface area contributed by atoms with Gasteiger partial charge in [0.25, 0.3) is 5.69 Å². The van der Waals surface area contributed by atoms with Gasteiger partial charge in [0, 0.05) is 23.1 Å². The second-order valence-corrected chi connectivity index (χ2v) is 6.01. The van der Waals surface area contributed by atoms with Gasteiger partial charge in [0.05, 0.1) is 30.4 Å². The first kappa shape index (κ1) is 17.5. The van der Waals surface area contributed by atoms with Crippen molar-refractivity contribution in [3.63, 3.8) is 0 Å². The molecule has 0 saturated carbocycles. The van der Waals surface area contributed by atoms with Crippen molar-refractivity contribution in [2.75, 3.05) is 12.4 Å². The monoisotopic (exact) mass is 354 g/mol. The molecule has 0 atom stereocenters. The molecule has 1 aromatic heterocycles. The predicted octanol–water partition coefficient (Wildman–Crippen LogP) is 4.15. The lowest BCUT2D eigenvalue weighted by molar-refractivity contribution is -0.384. The summed E-state index contributed by atoms with van der Waals surface area (Å²) >= 11 is 0. The molecule has 26 heavy (non-hydrogen) atoms. The molecule has 1 N–H and O–H groups in total. The maximum Gasteiger partial charge on any atom is 0.271 e. The van der Waals surface area contributed by atoms with E-state index in [0.717, 1.165) is 27.7 Å². The number of rotatable bonds is 5. The molecule has 0 unspecified atom stereocenters.